The van der Waals surface area contributed by atoms with Gasteiger partial charge in [-0.2, -0.15) is 13.2 Å². The molecule has 1 unspecified atom stereocenters. The molecule has 100 valence electrons. The first-order valence-electron chi connectivity index (χ1n) is 6.14. The highest BCUT2D eigenvalue weighted by molar-refractivity contribution is 5.32. The maximum Gasteiger partial charge on any atom is 0.416 e. The minimum Gasteiger partial charge on any atom is -0.271 e. The molecule has 0 heterocycles. The number of nitrogens with one attached hydrogen (secondary N) is 1. The van der Waals surface area contributed by atoms with Gasteiger partial charge in [-0.3, -0.25) is 11.3 Å². The zero-order chi connectivity index (χ0) is 13.2. The predicted octanol–water partition coefficient (Wildman–Crippen LogP) is 3.40. The van der Waals surface area contributed by atoms with Crippen LogP contribution < -0.4 is 11.3 Å². The third-order valence-corrected chi connectivity index (χ3v) is 3.40. The summed E-state index contributed by atoms with van der Waals surface area (Å²) in [6.07, 6.45) is -0.364. The normalized spacial score (nSPS) is 17.8. The molecule has 0 radical (unpaired) electrons. The maximum absolute atomic E-state index is 12.9. The van der Waals surface area contributed by atoms with E-state index in [1.54, 1.807) is 6.07 Å². The van der Waals surface area contributed by atoms with E-state index in [0.717, 1.165) is 12.5 Å². The summed E-state index contributed by atoms with van der Waals surface area (Å²) in [4.78, 5) is 0. The highest BCUT2D eigenvalue weighted by Gasteiger charge is 2.35. The number of benzene rings is 1. The largest absolute Gasteiger partial charge is 0.416 e. The van der Waals surface area contributed by atoms with Crippen LogP contribution in [0.15, 0.2) is 24.3 Å². The third kappa shape index (κ3) is 3.23. The average Bonchev–Trinajstić information content (AvgIpc) is 3.13. The average molecular weight is 258 g/mol. The number of hydrogen-bond donors (Lipinski definition) is 2. The molecule has 1 aliphatic rings. The van der Waals surface area contributed by atoms with E-state index in [0.29, 0.717) is 12.3 Å². The maximum atomic E-state index is 12.9. The van der Waals surface area contributed by atoms with Crippen LogP contribution in [0.2, 0.25) is 0 Å². The zero-order valence-electron chi connectivity index (χ0n) is 10.0. The first kappa shape index (κ1) is 13.4. The first-order valence-corrected chi connectivity index (χ1v) is 6.14. The second-order valence-electron chi connectivity index (χ2n) is 4.82. The summed E-state index contributed by atoms with van der Waals surface area (Å²) < 4.78 is 38.7. The molecule has 1 aliphatic carbocycles. The molecule has 0 amide bonds. The van der Waals surface area contributed by atoms with E-state index < -0.39 is 17.8 Å². The van der Waals surface area contributed by atoms with Crippen LogP contribution in [0.1, 0.15) is 42.9 Å². The van der Waals surface area contributed by atoms with Crippen LogP contribution in [0.25, 0.3) is 0 Å². The Labute approximate surface area is 104 Å². The number of rotatable bonds is 5. The molecule has 3 N–H and O–H groups in total. The standard InChI is InChI=1S/C13H17F3N2/c14-13(15,16)11-4-2-1-3-10(11)12(18-17)8-7-9-5-6-9/h1-4,9,12,18H,5-8,17H2. The molecule has 0 aliphatic heterocycles. The van der Waals surface area contributed by atoms with Gasteiger partial charge in [0.2, 0.25) is 0 Å². The Balaban J connectivity index is 2.17. The van der Waals surface area contributed by atoms with Crippen molar-refractivity contribution < 1.29 is 13.2 Å². The van der Waals surface area contributed by atoms with Gasteiger partial charge < -0.3 is 0 Å². The fourth-order valence-electron chi connectivity index (χ4n) is 2.20. The summed E-state index contributed by atoms with van der Waals surface area (Å²) in [5, 5.41) is 0. The first-order chi connectivity index (χ1) is 8.52. The van der Waals surface area contributed by atoms with Crippen LogP contribution in [0.4, 0.5) is 13.2 Å². The quantitative estimate of drug-likeness (QED) is 0.627. The Morgan fingerprint density at radius 2 is 1.94 bits per heavy atom. The van der Waals surface area contributed by atoms with Gasteiger partial charge in [-0.15, -0.1) is 0 Å². The molecule has 1 fully saturated rings. The van der Waals surface area contributed by atoms with Crippen molar-refractivity contribution in [3.05, 3.63) is 35.4 Å². The second-order valence-corrected chi connectivity index (χ2v) is 4.82. The number of alkyl halides is 3. The Morgan fingerprint density at radius 1 is 1.28 bits per heavy atom. The van der Waals surface area contributed by atoms with Crippen LogP contribution in [0.3, 0.4) is 0 Å². The van der Waals surface area contributed by atoms with E-state index in [-0.39, 0.29) is 5.56 Å². The highest BCUT2D eigenvalue weighted by Crippen LogP contribution is 2.39. The van der Waals surface area contributed by atoms with Gasteiger partial charge >= 0.3 is 6.18 Å². The van der Waals surface area contributed by atoms with Crippen molar-refractivity contribution in [3.63, 3.8) is 0 Å². The van der Waals surface area contributed by atoms with Gasteiger partial charge in [0.1, 0.15) is 0 Å². The molecule has 1 aromatic carbocycles. The molecule has 2 nitrogen and oxygen atoms in total. The van der Waals surface area contributed by atoms with Crippen LogP contribution in [-0.4, -0.2) is 0 Å². The number of hydrazine groups is 1. The van der Waals surface area contributed by atoms with Crippen LogP contribution in [0, 0.1) is 5.92 Å². The van der Waals surface area contributed by atoms with E-state index in [9.17, 15) is 13.2 Å². The van der Waals surface area contributed by atoms with Crippen molar-refractivity contribution in [1.29, 1.82) is 0 Å². The molecular formula is C13H17F3N2. The monoisotopic (exact) mass is 258 g/mol. The number of halogens is 3. The van der Waals surface area contributed by atoms with Gasteiger partial charge in [-0.05, 0) is 30.4 Å². The van der Waals surface area contributed by atoms with E-state index >= 15 is 0 Å². The molecular weight excluding hydrogens is 241 g/mol. The lowest BCUT2D eigenvalue weighted by Gasteiger charge is -2.21. The molecule has 0 aromatic heterocycles. The van der Waals surface area contributed by atoms with Crippen LogP contribution in [0.5, 0.6) is 0 Å². The minimum absolute atomic E-state index is 0.244. The Bertz CT molecular complexity index is 399. The van der Waals surface area contributed by atoms with Crippen molar-refractivity contribution in [2.24, 2.45) is 11.8 Å². The van der Waals surface area contributed by atoms with Crippen LogP contribution in [-0.2, 0) is 6.18 Å². The van der Waals surface area contributed by atoms with Gasteiger partial charge in [0.25, 0.3) is 0 Å². The Kier molecular flexibility index (Phi) is 3.92. The summed E-state index contributed by atoms with van der Waals surface area (Å²) in [6, 6.07) is 5.20. The van der Waals surface area contributed by atoms with Gasteiger partial charge in [0.15, 0.2) is 0 Å². The van der Waals surface area contributed by atoms with Crippen molar-refractivity contribution in [2.75, 3.05) is 0 Å². The summed E-state index contributed by atoms with van der Waals surface area (Å²) >= 11 is 0. The van der Waals surface area contributed by atoms with Gasteiger partial charge in [-0.25, -0.2) is 0 Å². The summed E-state index contributed by atoms with van der Waals surface area (Å²) in [5.74, 6) is 6.09. The van der Waals surface area contributed by atoms with E-state index in [2.05, 4.69) is 5.43 Å². The molecule has 1 aromatic rings. The van der Waals surface area contributed by atoms with E-state index in [1.165, 1.54) is 25.0 Å². The number of nitrogens with two attached hydrogens (primary N) is 1. The number of hydrogen-bond acceptors (Lipinski definition) is 2. The van der Waals surface area contributed by atoms with E-state index in [4.69, 9.17) is 5.84 Å². The molecule has 0 saturated heterocycles. The van der Waals surface area contributed by atoms with Gasteiger partial charge in [-0.1, -0.05) is 31.0 Å². The van der Waals surface area contributed by atoms with Crippen molar-refractivity contribution in [2.45, 2.75) is 37.9 Å². The third-order valence-electron chi connectivity index (χ3n) is 3.40. The van der Waals surface area contributed by atoms with Crippen molar-refractivity contribution in [3.8, 4) is 0 Å². The summed E-state index contributed by atoms with van der Waals surface area (Å²) in [6.45, 7) is 0. The van der Waals surface area contributed by atoms with E-state index in [1.807, 2.05) is 0 Å². The van der Waals surface area contributed by atoms with Crippen molar-refractivity contribution >= 4 is 0 Å². The zero-order valence-corrected chi connectivity index (χ0v) is 10.0. The Morgan fingerprint density at radius 3 is 2.50 bits per heavy atom. The molecule has 0 spiro atoms. The Hall–Kier alpha value is -1.07. The van der Waals surface area contributed by atoms with Gasteiger partial charge in [0, 0.05) is 6.04 Å². The molecule has 18 heavy (non-hydrogen) atoms. The fourth-order valence-corrected chi connectivity index (χ4v) is 2.20. The fraction of sp³-hybridized carbons (Fsp3) is 0.538. The smallest absolute Gasteiger partial charge is 0.271 e. The lowest BCUT2D eigenvalue weighted by atomic mass is 9.96. The van der Waals surface area contributed by atoms with Crippen LogP contribution >= 0.6 is 0 Å². The van der Waals surface area contributed by atoms with Gasteiger partial charge in [0.05, 0.1) is 5.56 Å². The molecule has 1 atom stereocenters. The SMILES string of the molecule is NNC(CCC1CC1)c1ccccc1C(F)(F)F. The lowest BCUT2D eigenvalue weighted by molar-refractivity contribution is -0.138. The topological polar surface area (TPSA) is 38.0 Å². The molecule has 2 rings (SSSR count). The minimum atomic E-state index is -4.33. The second kappa shape index (κ2) is 5.28. The predicted molar refractivity (Wildman–Crippen MR) is 63.5 cm³/mol. The molecule has 0 bridgehead atoms. The summed E-state index contributed by atoms with van der Waals surface area (Å²) in [5.41, 5.74) is 2.16. The van der Waals surface area contributed by atoms with Crippen molar-refractivity contribution in [1.82, 2.24) is 5.43 Å². The molecule has 5 heteroatoms. The lowest BCUT2D eigenvalue weighted by Crippen LogP contribution is -2.30. The highest BCUT2D eigenvalue weighted by atomic mass is 19.4. The molecule has 1 saturated carbocycles. The summed E-state index contributed by atoms with van der Waals surface area (Å²) in [7, 11) is 0.